The second-order valence-electron chi connectivity index (χ2n) is 7.43. The van der Waals surface area contributed by atoms with Crippen molar-refractivity contribution in [2.75, 3.05) is 5.01 Å². The number of rotatable bonds is 3. The highest BCUT2D eigenvalue weighted by Gasteiger charge is 2.30. The van der Waals surface area contributed by atoms with Gasteiger partial charge in [-0.15, -0.1) is 10.2 Å². The monoisotopic (exact) mass is 463 g/mol. The first-order valence-electron chi connectivity index (χ1n) is 9.21. The molecule has 2 aromatic carbocycles. The molecule has 4 rings (SSSR count). The van der Waals surface area contributed by atoms with Gasteiger partial charge in [0.15, 0.2) is 0 Å². The molecular formula is C20H22ClN5O4S. The fraction of sp³-hybridized carbons (Fsp3) is 0.250. The van der Waals surface area contributed by atoms with E-state index in [1.54, 1.807) is 11.3 Å². The number of azo groups is 1. The number of nitrogens with one attached hydrogen (secondary N) is 1. The Morgan fingerprint density at radius 3 is 2.16 bits per heavy atom. The van der Waals surface area contributed by atoms with E-state index in [-0.39, 0.29) is 5.54 Å². The molecule has 0 radical (unpaired) electrons. The molecule has 1 N–H and O–H groups in total. The number of aromatic nitrogens is 1. The highest BCUT2D eigenvalue weighted by atomic mass is 35.7. The van der Waals surface area contributed by atoms with E-state index in [1.807, 2.05) is 31.3 Å². The van der Waals surface area contributed by atoms with Gasteiger partial charge in [-0.1, -0.05) is 12.1 Å². The Hall–Kier alpha value is -2.60. The van der Waals surface area contributed by atoms with Crippen LogP contribution in [0.25, 0.3) is 10.2 Å². The summed E-state index contributed by atoms with van der Waals surface area (Å²) in [6, 6.07) is 16.4. The number of halogens is 1. The minimum Gasteiger partial charge on any atom is -0.302 e. The van der Waals surface area contributed by atoms with Crippen LogP contribution in [0.3, 0.4) is 0 Å². The maximum absolute atomic E-state index is 8.49. The lowest BCUT2D eigenvalue weighted by molar-refractivity contribution is -2.00. The Kier molecular flexibility index (Phi) is 6.60. The van der Waals surface area contributed by atoms with Gasteiger partial charge in [0.2, 0.25) is 0 Å². The number of benzene rings is 2. The SMILES string of the molecule is CC1=CC(C)(C)N(c2ccc(N=Nc3sc4ccccc4[n+]3C)cc2)N1.[O-][Cl+3]([O-])([O-])[O-]. The number of fused-ring (bicyclic) bond motifs is 1. The van der Waals surface area contributed by atoms with Crippen LogP contribution in [0.2, 0.25) is 0 Å². The van der Waals surface area contributed by atoms with Crippen LogP contribution in [0.1, 0.15) is 20.8 Å². The lowest BCUT2D eigenvalue weighted by Gasteiger charge is -2.32. The van der Waals surface area contributed by atoms with Crippen LogP contribution in [0.5, 0.6) is 0 Å². The van der Waals surface area contributed by atoms with Crippen molar-refractivity contribution in [3.63, 3.8) is 0 Å². The Morgan fingerprint density at radius 2 is 1.61 bits per heavy atom. The summed E-state index contributed by atoms with van der Waals surface area (Å²) in [7, 11) is -2.92. The third kappa shape index (κ3) is 5.97. The van der Waals surface area contributed by atoms with E-state index < -0.39 is 10.2 Å². The molecule has 2 heterocycles. The minimum absolute atomic E-state index is 0.0576. The van der Waals surface area contributed by atoms with E-state index in [0.29, 0.717) is 0 Å². The molecule has 0 amide bonds. The first-order valence-corrected chi connectivity index (χ1v) is 11.3. The third-order valence-corrected chi connectivity index (χ3v) is 5.61. The van der Waals surface area contributed by atoms with Crippen LogP contribution < -0.4 is 33.6 Å². The highest BCUT2D eigenvalue weighted by molar-refractivity contribution is 7.21. The van der Waals surface area contributed by atoms with Crippen molar-refractivity contribution in [3.05, 3.63) is 60.3 Å². The summed E-state index contributed by atoms with van der Waals surface area (Å²) < 4.78 is 37.3. The van der Waals surface area contributed by atoms with Crippen LogP contribution in [-0.4, -0.2) is 5.54 Å². The zero-order valence-corrected chi connectivity index (χ0v) is 19.0. The van der Waals surface area contributed by atoms with Gasteiger partial charge in [0.1, 0.15) is 11.2 Å². The van der Waals surface area contributed by atoms with E-state index >= 15 is 0 Å². The molecule has 1 aromatic heterocycles. The lowest BCUT2D eigenvalue weighted by atomic mass is 10.0. The van der Waals surface area contributed by atoms with E-state index in [4.69, 9.17) is 18.6 Å². The second kappa shape index (κ2) is 8.87. The molecule has 0 spiro atoms. The molecule has 0 saturated carbocycles. The number of anilines is 1. The maximum atomic E-state index is 8.49. The van der Waals surface area contributed by atoms with Crippen molar-refractivity contribution in [2.45, 2.75) is 26.3 Å². The number of para-hydroxylation sites is 1. The van der Waals surface area contributed by atoms with Gasteiger partial charge in [-0.05, 0) is 79.7 Å². The predicted octanol–water partition coefficient (Wildman–Crippen LogP) is 0.392. The molecular weight excluding hydrogens is 442 g/mol. The molecule has 0 fully saturated rings. The number of thiazole rings is 1. The molecule has 1 aliphatic rings. The summed E-state index contributed by atoms with van der Waals surface area (Å²) in [6.45, 7) is 6.45. The summed E-state index contributed by atoms with van der Waals surface area (Å²) in [5, 5.41) is 11.9. The van der Waals surface area contributed by atoms with Crippen molar-refractivity contribution >= 4 is 38.1 Å². The van der Waals surface area contributed by atoms with Crippen LogP contribution in [0, 0.1) is 10.2 Å². The third-order valence-electron chi connectivity index (χ3n) is 4.51. The number of hydrazine groups is 1. The Morgan fingerprint density at radius 1 is 1.00 bits per heavy atom. The van der Waals surface area contributed by atoms with Gasteiger partial charge in [0.05, 0.1) is 28.1 Å². The zero-order chi connectivity index (χ0) is 22.8. The Balaban J connectivity index is 0.000000491. The summed E-state index contributed by atoms with van der Waals surface area (Å²) in [6.07, 6.45) is 2.22. The molecule has 0 saturated heterocycles. The molecule has 31 heavy (non-hydrogen) atoms. The van der Waals surface area contributed by atoms with Gasteiger partial charge in [-0.25, -0.2) is 23.2 Å². The number of aryl methyl sites for hydroxylation is 1. The summed E-state index contributed by atoms with van der Waals surface area (Å²) in [5.41, 5.74) is 7.62. The van der Waals surface area contributed by atoms with Crippen molar-refractivity contribution < 1.29 is 33.4 Å². The van der Waals surface area contributed by atoms with E-state index in [2.05, 4.69) is 76.3 Å². The van der Waals surface area contributed by atoms with E-state index in [9.17, 15) is 0 Å². The smallest absolute Gasteiger partial charge is 0.302 e. The van der Waals surface area contributed by atoms with Gasteiger partial charge in [0.25, 0.3) is 0 Å². The molecule has 164 valence electrons. The molecule has 0 aliphatic carbocycles. The molecule has 0 atom stereocenters. The molecule has 9 nitrogen and oxygen atoms in total. The fourth-order valence-corrected chi connectivity index (χ4v) is 4.26. The number of nitrogens with zero attached hydrogens (tertiary/aromatic N) is 4. The molecule has 3 aromatic rings. The molecule has 0 bridgehead atoms. The maximum Gasteiger partial charge on any atom is 0.409 e. The van der Waals surface area contributed by atoms with Crippen molar-refractivity contribution in [2.24, 2.45) is 17.3 Å². The average molecular weight is 464 g/mol. The van der Waals surface area contributed by atoms with Crippen molar-refractivity contribution in [1.82, 2.24) is 5.43 Å². The van der Waals surface area contributed by atoms with Gasteiger partial charge in [-0.3, -0.25) is 5.01 Å². The van der Waals surface area contributed by atoms with Crippen LogP contribution in [-0.2, 0) is 7.05 Å². The first kappa shape index (κ1) is 23.1. The average Bonchev–Trinajstić information content (AvgIpc) is 3.14. The van der Waals surface area contributed by atoms with Crippen LogP contribution in [0.4, 0.5) is 16.5 Å². The fourth-order valence-electron chi connectivity index (χ4n) is 3.29. The summed E-state index contributed by atoms with van der Waals surface area (Å²) in [4.78, 5) is 0. The largest absolute Gasteiger partial charge is 0.409 e. The van der Waals surface area contributed by atoms with Crippen LogP contribution >= 0.6 is 11.3 Å². The number of hydrogen-bond donors (Lipinski definition) is 1. The van der Waals surface area contributed by atoms with Crippen molar-refractivity contribution in [1.29, 1.82) is 0 Å². The normalized spacial score (nSPS) is 15.6. The van der Waals surface area contributed by atoms with E-state index in [1.165, 1.54) is 10.2 Å². The summed E-state index contributed by atoms with van der Waals surface area (Å²) >= 11 is 1.64. The van der Waals surface area contributed by atoms with Gasteiger partial charge in [-0.2, -0.15) is 0 Å². The molecule has 0 unspecified atom stereocenters. The standard InChI is InChI=1S/C20H22N5S.ClHO4/c1-14-13-20(2,3)25(23-14)16-11-9-15(10-12-16)21-22-19-24(4)17-7-5-6-8-18(17)26-19;2-1(3,4)5/h5-13,23H,1-4H3;(H,2,3,4,5)/q+1;/p-1. The van der Waals surface area contributed by atoms with Crippen molar-refractivity contribution in [3.8, 4) is 0 Å². The van der Waals surface area contributed by atoms with Gasteiger partial charge >= 0.3 is 5.13 Å². The van der Waals surface area contributed by atoms with Crippen LogP contribution in [0.15, 0.2) is 70.5 Å². The predicted molar refractivity (Wildman–Crippen MR) is 107 cm³/mol. The van der Waals surface area contributed by atoms with E-state index in [0.717, 1.165) is 22.2 Å². The number of allylic oxidation sites excluding steroid dienone is 1. The minimum atomic E-state index is -4.94. The Labute approximate surface area is 185 Å². The zero-order valence-electron chi connectivity index (χ0n) is 17.4. The highest BCUT2D eigenvalue weighted by Crippen LogP contribution is 2.31. The topological polar surface area (TPSA) is 136 Å². The second-order valence-corrected chi connectivity index (χ2v) is 9.20. The lowest BCUT2D eigenvalue weighted by Crippen LogP contribution is -2.68. The quantitative estimate of drug-likeness (QED) is 0.440. The van der Waals surface area contributed by atoms with Gasteiger partial charge < -0.3 is 5.43 Å². The van der Waals surface area contributed by atoms with Gasteiger partial charge in [0, 0.05) is 5.70 Å². The first-order chi connectivity index (χ1) is 14.4. The summed E-state index contributed by atoms with van der Waals surface area (Å²) in [5.74, 6) is 0. The molecule has 1 aliphatic heterocycles. The Bertz CT molecular complexity index is 1120. The number of hydrogen-bond acceptors (Lipinski definition) is 9. The molecule has 11 heteroatoms.